The first kappa shape index (κ1) is 14.2. The largest absolute Gasteiger partial charge is 0.381 e. The number of nitrogens with one attached hydrogen (secondary N) is 2. The summed E-state index contributed by atoms with van der Waals surface area (Å²) in [5.41, 5.74) is 4.96. The number of aryl methyl sites for hydroxylation is 1. The van der Waals surface area contributed by atoms with Crippen LogP contribution in [0, 0.1) is 0 Å². The van der Waals surface area contributed by atoms with Gasteiger partial charge in [-0.3, -0.25) is 4.79 Å². The van der Waals surface area contributed by atoms with Gasteiger partial charge in [0.1, 0.15) is 23.6 Å². The fourth-order valence-corrected chi connectivity index (χ4v) is 1.35. The van der Waals surface area contributed by atoms with Gasteiger partial charge in [0.15, 0.2) is 0 Å². The first-order valence-corrected chi connectivity index (χ1v) is 5.83. The van der Waals surface area contributed by atoms with E-state index in [1.165, 1.54) is 0 Å². The predicted molar refractivity (Wildman–Crippen MR) is 69.3 cm³/mol. The summed E-state index contributed by atoms with van der Waals surface area (Å²) in [5, 5.41) is 15.1. The lowest BCUT2D eigenvalue weighted by Gasteiger charge is -2.11. The molecule has 1 aromatic heterocycles. The van der Waals surface area contributed by atoms with Crippen LogP contribution < -0.4 is 16.4 Å². The van der Waals surface area contributed by atoms with Gasteiger partial charge in [0.2, 0.25) is 5.91 Å². The average Bonchev–Trinajstić information content (AvgIpc) is 2.35. The van der Waals surface area contributed by atoms with Gasteiger partial charge in [-0.05, 0) is 6.42 Å². The van der Waals surface area contributed by atoms with E-state index in [-0.39, 0.29) is 6.54 Å². The second-order valence-corrected chi connectivity index (χ2v) is 3.85. The number of amides is 1. The van der Waals surface area contributed by atoms with Gasteiger partial charge in [0.05, 0.1) is 6.54 Å². The third kappa shape index (κ3) is 4.17. The van der Waals surface area contributed by atoms with Crippen LogP contribution in [-0.4, -0.2) is 40.7 Å². The van der Waals surface area contributed by atoms with Crippen molar-refractivity contribution in [3.05, 3.63) is 11.9 Å². The number of primary amides is 1. The highest BCUT2D eigenvalue weighted by Gasteiger charge is 2.11. The highest BCUT2D eigenvalue weighted by molar-refractivity contribution is 5.79. The molecule has 0 aliphatic carbocycles. The summed E-state index contributed by atoms with van der Waals surface area (Å²) in [6, 6.07) is 1.70. The molecule has 1 aromatic rings. The molecule has 0 saturated heterocycles. The lowest BCUT2D eigenvalue weighted by molar-refractivity contribution is -0.125. The van der Waals surface area contributed by atoms with Gasteiger partial charge in [-0.25, -0.2) is 9.97 Å². The molecule has 1 heterocycles. The van der Waals surface area contributed by atoms with E-state index in [0.717, 1.165) is 12.8 Å². The number of carbonyl (C=O) groups excluding carboxylic acids is 1. The zero-order valence-electron chi connectivity index (χ0n) is 10.6. The summed E-state index contributed by atoms with van der Waals surface area (Å²) >= 11 is 0. The number of hydrogen-bond acceptors (Lipinski definition) is 6. The molecule has 0 bridgehead atoms. The Bertz CT molecular complexity index is 410. The monoisotopic (exact) mass is 253 g/mol. The van der Waals surface area contributed by atoms with Crippen LogP contribution in [0.15, 0.2) is 6.07 Å². The van der Waals surface area contributed by atoms with Gasteiger partial charge in [0, 0.05) is 19.5 Å². The molecule has 18 heavy (non-hydrogen) atoms. The number of aromatic nitrogens is 2. The molecule has 0 saturated carbocycles. The summed E-state index contributed by atoms with van der Waals surface area (Å²) < 4.78 is 0. The van der Waals surface area contributed by atoms with Gasteiger partial charge in [-0.1, -0.05) is 6.92 Å². The minimum absolute atomic E-state index is 0.0288. The number of nitrogens with zero attached hydrogens (tertiary/aromatic N) is 2. The van der Waals surface area contributed by atoms with Crippen LogP contribution in [0.2, 0.25) is 0 Å². The Hall–Kier alpha value is -1.89. The van der Waals surface area contributed by atoms with Crippen molar-refractivity contribution in [1.29, 1.82) is 0 Å². The van der Waals surface area contributed by atoms with Crippen molar-refractivity contribution in [2.75, 3.05) is 24.2 Å². The molecule has 0 aliphatic rings. The Labute approximate surface area is 106 Å². The van der Waals surface area contributed by atoms with Gasteiger partial charge in [-0.15, -0.1) is 0 Å². The molecule has 1 atom stereocenters. The SMILES string of the molecule is CCCc1nc(NC)cc(NCC(O)C(N)=O)n1. The van der Waals surface area contributed by atoms with E-state index in [2.05, 4.69) is 20.6 Å². The normalized spacial score (nSPS) is 11.9. The summed E-state index contributed by atoms with van der Waals surface area (Å²) in [4.78, 5) is 19.3. The molecule has 7 nitrogen and oxygen atoms in total. The van der Waals surface area contributed by atoms with Crippen molar-refractivity contribution in [2.45, 2.75) is 25.9 Å². The number of rotatable bonds is 7. The number of hydrogen-bond donors (Lipinski definition) is 4. The van der Waals surface area contributed by atoms with Crippen LogP contribution in [0.3, 0.4) is 0 Å². The Morgan fingerprint density at radius 1 is 1.50 bits per heavy atom. The van der Waals surface area contributed by atoms with E-state index in [1.54, 1.807) is 13.1 Å². The Balaban J connectivity index is 2.74. The number of carbonyl (C=O) groups is 1. The van der Waals surface area contributed by atoms with E-state index in [0.29, 0.717) is 17.5 Å². The van der Waals surface area contributed by atoms with Crippen LogP contribution in [0.5, 0.6) is 0 Å². The molecular formula is C11H19N5O2. The van der Waals surface area contributed by atoms with Gasteiger partial charge in [-0.2, -0.15) is 0 Å². The maximum absolute atomic E-state index is 10.7. The van der Waals surface area contributed by atoms with E-state index in [9.17, 15) is 9.90 Å². The number of aliphatic hydroxyl groups is 1. The van der Waals surface area contributed by atoms with Crippen molar-refractivity contribution >= 4 is 17.5 Å². The van der Waals surface area contributed by atoms with Crippen molar-refractivity contribution in [3.63, 3.8) is 0 Å². The van der Waals surface area contributed by atoms with Crippen molar-refractivity contribution in [2.24, 2.45) is 5.73 Å². The van der Waals surface area contributed by atoms with E-state index >= 15 is 0 Å². The van der Waals surface area contributed by atoms with Crippen molar-refractivity contribution in [3.8, 4) is 0 Å². The molecule has 5 N–H and O–H groups in total. The molecule has 0 aliphatic heterocycles. The first-order chi connectivity index (χ1) is 8.56. The third-order valence-corrected chi connectivity index (χ3v) is 2.31. The van der Waals surface area contributed by atoms with Crippen molar-refractivity contribution in [1.82, 2.24) is 9.97 Å². The maximum Gasteiger partial charge on any atom is 0.248 e. The third-order valence-electron chi connectivity index (χ3n) is 2.31. The van der Waals surface area contributed by atoms with E-state index in [4.69, 9.17) is 5.73 Å². The molecule has 7 heteroatoms. The van der Waals surface area contributed by atoms with Gasteiger partial charge >= 0.3 is 0 Å². The fourth-order valence-electron chi connectivity index (χ4n) is 1.35. The van der Waals surface area contributed by atoms with Crippen LogP contribution >= 0.6 is 0 Å². The minimum atomic E-state index is -1.23. The Morgan fingerprint density at radius 2 is 2.17 bits per heavy atom. The van der Waals surface area contributed by atoms with Gasteiger partial charge < -0.3 is 21.5 Å². The van der Waals surface area contributed by atoms with Crippen LogP contribution in [0.4, 0.5) is 11.6 Å². The maximum atomic E-state index is 10.7. The first-order valence-electron chi connectivity index (χ1n) is 5.83. The second kappa shape index (κ2) is 6.75. The van der Waals surface area contributed by atoms with Crippen LogP contribution in [0.25, 0.3) is 0 Å². The molecule has 1 rings (SSSR count). The number of aliphatic hydroxyl groups excluding tert-OH is 1. The topological polar surface area (TPSA) is 113 Å². The summed E-state index contributed by atoms with van der Waals surface area (Å²) in [7, 11) is 1.76. The molecule has 0 fully saturated rings. The van der Waals surface area contributed by atoms with E-state index in [1.807, 2.05) is 6.92 Å². The smallest absolute Gasteiger partial charge is 0.248 e. The summed E-state index contributed by atoms with van der Waals surface area (Å²) in [6.45, 7) is 2.07. The predicted octanol–water partition coefficient (Wildman–Crippen LogP) is -0.271. The average molecular weight is 253 g/mol. The minimum Gasteiger partial charge on any atom is -0.381 e. The Kier molecular flexibility index (Phi) is 5.31. The standard InChI is InChI=1S/C11H19N5O2/c1-3-4-8-15-9(13-2)5-10(16-8)14-6-7(17)11(12)18/h5,7,17H,3-4,6H2,1-2H3,(H2,12,18)(H2,13,14,15,16). The zero-order chi connectivity index (χ0) is 13.5. The van der Waals surface area contributed by atoms with Crippen LogP contribution in [-0.2, 0) is 11.2 Å². The van der Waals surface area contributed by atoms with E-state index < -0.39 is 12.0 Å². The molecule has 100 valence electrons. The lowest BCUT2D eigenvalue weighted by atomic mass is 10.3. The molecular weight excluding hydrogens is 234 g/mol. The fraction of sp³-hybridized carbons (Fsp3) is 0.545. The lowest BCUT2D eigenvalue weighted by Crippen LogP contribution is -2.34. The molecule has 1 amide bonds. The molecule has 0 aromatic carbocycles. The molecule has 0 radical (unpaired) electrons. The van der Waals surface area contributed by atoms with Gasteiger partial charge in [0.25, 0.3) is 0 Å². The summed E-state index contributed by atoms with van der Waals surface area (Å²) in [6.07, 6.45) is 0.478. The quantitative estimate of drug-likeness (QED) is 0.532. The molecule has 0 spiro atoms. The van der Waals surface area contributed by atoms with Crippen LogP contribution in [0.1, 0.15) is 19.2 Å². The number of nitrogens with two attached hydrogens (primary N) is 1. The highest BCUT2D eigenvalue weighted by Crippen LogP contribution is 2.11. The second-order valence-electron chi connectivity index (χ2n) is 3.85. The number of anilines is 2. The zero-order valence-corrected chi connectivity index (χ0v) is 10.6. The summed E-state index contributed by atoms with van der Waals surface area (Å²) in [5.74, 6) is 1.18. The Morgan fingerprint density at radius 3 is 2.72 bits per heavy atom. The molecule has 1 unspecified atom stereocenters. The highest BCUT2D eigenvalue weighted by atomic mass is 16.3. The van der Waals surface area contributed by atoms with Crippen molar-refractivity contribution < 1.29 is 9.90 Å².